The maximum Gasteiger partial charge on any atom is 0.220 e. The molecule has 2 aromatic heterocycles. The predicted octanol–water partition coefficient (Wildman–Crippen LogP) is 2.46. The highest BCUT2D eigenvalue weighted by atomic mass is 16.5. The molecule has 1 aromatic carbocycles. The molecule has 8 nitrogen and oxygen atoms in total. The van der Waals surface area contributed by atoms with Gasteiger partial charge in [0.2, 0.25) is 5.95 Å². The standard InChI is InChI=1S/C23H30N6O2/c1-16-12-20(26-23(24)25-16)22-19(14-28(3)27-22)13-18-6-4-5-7-21(18)31-11-9-29-8-10-30-15-17(29)2/h4-7,12,14,17H,8-11,13,15H2,1-3H3,(H2,24,25,26)/t17-/m0/s1. The maximum atomic E-state index is 6.20. The van der Waals surface area contributed by atoms with Crippen LogP contribution in [-0.4, -0.2) is 63.6 Å². The van der Waals surface area contributed by atoms with Crippen molar-refractivity contribution in [1.82, 2.24) is 24.6 Å². The fourth-order valence-corrected chi connectivity index (χ4v) is 3.96. The summed E-state index contributed by atoms with van der Waals surface area (Å²) in [4.78, 5) is 11.0. The highest BCUT2D eigenvalue weighted by Crippen LogP contribution is 2.27. The molecular weight excluding hydrogens is 392 g/mol. The molecule has 0 unspecified atom stereocenters. The second-order valence-electron chi connectivity index (χ2n) is 8.02. The minimum Gasteiger partial charge on any atom is -0.492 e. The van der Waals surface area contributed by atoms with Crippen molar-refractivity contribution in [2.75, 3.05) is 38.6 Å². The number of nitrogens with zero attached hydrogens (tertiary/aromatic N) is 5. The van der Waals surface area contributed by atoms with Crippen molar-refractivity contribution in [1.29, 1.82) is 0 Å². The van der Waals surface area contributed by atoms with Crippen LogP contribution < -0.4 is 10.5 Å². The lowest BCUT2D eigenvalue weighted by molar-refractivity contribution is -0.00518. The molecule has 1 aliphatic heterocycles. The molecule has 0 aliphatic carbocycles. The second kappa shape index (κ2) is 9.45. The Morgan fingerprint density at radius 3 is 2.87 bits per heavy atom. The average molecular weight is 423 g/mol. The van der Waals surface area contributed by atoms with E-state index in [9.17, 15) is 0 Å². The number of hydrogen-bond acceptors (Lipinski definition) is 7. The molecular formula is C23H30N6O2. The summed E-state index contributed by atoms with van der Waals surface area (Å²) in [5.41, 5.74) is 10.4. The van der Waals surface area contributed by atoms with E-state index in [1.165, 1.54) is 0 Å². The van der Waals surface area contributed by atoms with Gasteiger partial charge < -0.3 is 15.2 Å². The topological polar surface area (TPSA) is 91.3 Å². The van der Waals surface area contributed by atoms with Gasteiger partial charge in [0.15, 0.2) is 0 Å². The molecule has 4 rings (SSSR count). The Balaban J connectivity index is 1.50. The van der Waals surface area contributed by atoms with Crippen LogP contribution in [0.5, 0.6) is 5.75 Å². The van der Waals surface area contributed by atoms with E-state index in [-0.39, 0.29) is 5.95 Å². The van der Waals surface area contributed by atoms with Gasteiger partial charge >= 0.3 is 0 Å². The zero-order chi connectivity index (χ0) is 21.8. The Morgan fingerprint density at radius 1 is 1.23 bits per heavy atom. The summed E-state index contributed by atoms with van der Waals surface area (Å²) >= 11 is 0. The van der Waals surface area contributed by atoms with Crippen LogP contribution in [0, 0.1) is 6.92 Å². The Labute approximate surface area is 183 Å². The number of ether oxygens (including phenoxy) is 2. The van der Waals surface area contributed by atoms with Gasteiger partial charge in [0, 0.05) is 50.1 Å². The summed E-state index contributed by atoms with van der Waals surface area (Å²) in [6.45, 7) is 8.15. The van der Waals surface area contributed by atoms with Gasteiger partial charge in [-0.3, -0.25) is 9.58 Å². The number of benzene rings is 1. The number of aryl methyl sites for hydroxylation is 2. The van der Waals surface area contributed by atoms with Crippen LogP contribution >= 0.6 is 0 Å². The molecule has 0 spiro atoms. The minimum atomic E-state index is 0.257. The van der Waals surface area contributed by atoms with Crippen molar-refractivity contribution in [2.45, 2.75) is 26.3 Å². The van der Waals surface area contributed by atoms with Crippen LogP contribution in [0.25, 0.3) is 11.4 Å². The summed E-state index contributed by atoms with van der Waals surface area (Å²) in [6.07, 6.45) is 2.71. The number of morpholine rings is 1. The monoisotopic (exact) mass is 422 g/mol. The number of rotatable bonds is 7. The maximum absolute atomic E-state index is 6.20. The number of anilines is 1. The first-order valence-corrected chi connectivity index (χ1v) is 10.7. The fourth-order valence-electron chi connectivity index (χ4n) is 3.96. The summed E-state index contributed by atoms with van der Waals surface area (Å²) in [7, 11) is 1.91. The van der Waals surface area contributed by atoms with Gasteiger partial charge in [-0.25, -0.2) is 9.97 Å². The number of hydrogen-bond donors (Lipinski definition) is 1. The van der Waals surface area contributed by atoms with Crippen LogP contribution in [0.1, 0.15) is 23.7 Å². The summed E-state index contributed by atoms with van der Waals surface area (Å²) in [5, 5.41) is 4.63. The second-order valence-corrected chi connectivity index (χ2v) is 8.02. The minimum absolute atomic E-state index is 0.257. The molecule has 0 radical (unpaired) electrons. The molecule has 3 aromatic rings. The van der Waals surface area contributed by atoms with Crippen LogP contribution in [0.3, 0.4) is 0 Å². The van der Waals surface area contributed by atoms with Crippen molar-refractivity contribution in [3.05, 3.63) is 53.3 Å². The zero-order valence-electron chi connectivity index (χ0n) is 18.4. The molecule has 8 heteroatoms. The van der Waals surface area contributed by atoms with E-state index in [2.05, 4.69) is 33.0 Å². The normalized spacial score (nSPS) is 17.1. The van der Waals surface area contributed by atoms with Crippen LogP contribution in [0.4, 0.5) is 5.95 Å². The SMILES string of the molecule is Cc1cc(-c2nn(C)cc2Cc2ccccc2OCCN2CCOC[C@@H]2C)nc(N)n1. The Bertz CT molecular complexity index is 1010. The lowest BCUT2D eigenvalue weighted by Crippen LogP contribution is -2.45. The van der Waals surface area contributed by atoms with Gasteiger partial charge in [-0.2, -0.15) is 5.10 Å². The van der Waals surface area contributed by atoms with Crippen LogP contribution in [-0.2, 0) is 18.2 Å². The van der Waals surface area contributed by atoms with Gasteiger partial charge in [0.1, 0.15) is 18.1 Å². The molecule has 2 N–H and O–H groups in total. The molecule has 164 valence electrons. The van der Waals surface area contributed by atoms with E-state index in [1.807, 2.05) is 49.1 Å². The summed E-state index contributed by atoms with van der Waals surface area (Å²) < 4.78 is 13.5. The largest absolute Gasteiger partial charge is 0.492 e. The van der Waals surface area contributed by atoms with Gasteiger partial charge in [-0.05, 0) is 31.5 Å². The third-order valence-corrected chi connectivity index (χ3v) is 5.51. The van der Waals surface area contributed by atoms with Crippen molar-refractivity contribution in [3.8, 4) is 17.1 Å². The van der Waals surface area contributed by atoms with E-state index in [4.69, 9.17) is 15.2 Å². The highest BCUT2D eigenvalue weighted by Gasteiger charge is 2.19. The van der Waals surface area contributed by atoms with Crippen molar-refractivity contribution < 1.29 is 9.47 Å². The molecule has 1 aliphatic rings. The molecule has 0 bridgehead atoms. The van der Waals surface area contributed by atoms with E-state index in [0.29, 0.717) is 19.1 Å². The first kappa shape index (κ1) is 21.3. The highest BCUT2D eigenvalue weighted by molar-refractivity contribution is 5.61. The van der Waals surface area contributed by atoms with Gasteiger partial charge in [0.25, 0.3) is 0 Å². The van der Waals surface area contributed by atoms with Crippen molar-refractivity contribution in [2.24, 2.45) is 7.05 Å². The molecule has 1 atom stereocenters. The quantitative estimate of drug-likeness (QED) is 0.625. The third kappa shape index (κ3) is 5.21. The molecule has 3 heterocycles. The Hall–Kier alpha value is -2.97. The first-order valence-electron chi connectivity index (χ1n) is 10.7. The average Bonchev–Trinajstić information content (AvgIpc) is 3.10. The van der Waals surface area contributed by atoms with E-state index >= 15 is 0 Å². The first-order chi connectivity index (χ1) is 15.0. The molecule has 0 amide bonds. The van der Waals surface area contributed by atoms with Gasteiger partial charge in [-0.15, -0.1) is 0 Å². The molecule has 1 saturated heterocycles. The van der Waals surface area contributed by atoms with Gasteiger partial charge in [0.05, 0.1) is 18.9 Å². The lowest BCUT2D eigenvalue weighted by Gasteiger charge is -2.33. The lowest BCUT2D eigenvalue weighted by atomic mass is 10.0. The van der Waals surface area contributed by atoms with Crippen molar-refractivity contribution in [3.63, 3.8) is 0 Å². The predicted molar refractivity (Wildman–Crippen MR) is 120 cm³/mol. The Kier molecular flexibility index (Phi) is 6.48. The van der Waals surface area contributed by atoms with E-state index in [1.54, 1.807) is 0 Å². The Morgan fingerprint density at radius 2 is 2.06 bits per heavy atom. The molecule has 31 heavy (non-hydrogen) atoms. The number of nitrogen functional groups attached to an aromatic ring is 1. The summed E-state index contributed by atoms with van der Waals surface area (Å²) in [5.74, 6) is 1.16. The number of para-hydroxylation sites is 1. The van der Waals surface area contributed by atoms with Crippen LogP contribution in [0.2, 0.25) is 0 Å². The number of nitrogens with two attached hydrogens (primary N) is 1. The number of aromatic nitrogens is 4. The molecule has 1 fully saturated rings. The fraction of sp³-hybridized carbons (Fsp3) is 0.435. The van der Waals surface area contributed by atoms with E-state index < -0.39 is 0 Å². The van der Waals surface area contributed by atoms with Crippen LogP contribution in [0.15, 0.2) is 36.5 Å². The third-order valence-electron chi connectivity index (χ3n) is 5.51. The van der Waals surface area contributed by atoms with E-state index in [0.717, 1.165) is 60.3 Å². The zero-order valence-corrected chi connectivity index (χ0v) is 18.4. The van der Waals surface area contributed by atoms with Gasteiger partial charge in [-0.1, -0.05) is 18.2 Å². The van der Waals surface area contributed by atoms with Crippen molar-refractivity contribution >= 4 is 5.95 Å². The smallest absolute Gasteiger partial charge is 0.220 e. The summed E-state index contributed by atoms with van der Waals surface area (Å²) in [6, 6.07) is 10.5. The molecule has 0 saturated carbocycles.